The Bertz CT molecular complexity index is 1590. The Morgan fingerprint density at radius 1 is 0.932 bits per heavy atom. The van der Waals surface area contributed by atoms with E-state index in [1.807, 2.05) is 72.8 Å². The van der Waals surface area contributed by atoms with Gasteiger partial charge >= 0.3 is 5.97 Å². The number of carbonyl (C=O) groups is 2. The van der Waals surface area contributed by atoms with Crippen LogP contribution in [0.5, 0.6) is 0 Å². The van der Waals surface area contributed by atoms with Crippen LogP contribution in [0, 0.1) is 5.92 Å². The number of aliphatic hydroxyl groups excluding tert-OH is 1. The first-order valence-corrected chi connectivity index (χ1v) is 15.0. The molecule has 1 amide bonds. The number of hydrogen-bond acceptors (Lipinski definition) is 6. The number of benzene rings is 3. The lowest BCUT2D eigenvalue weighted by atomic mass is 9.90. The standard InChI is InChI=1S/C33H33Cl2N3O6/c1-20-27(17-38-19-37-31(34)32(38)35)43-33(44-30(20)24-7-5-21(18-39)6-8-24)25-11-9-23(10-12-25)26-4-2-3-22(15-26)16-36-28(40)13-14-29(41)42/h2-12,15,19-20,27,30,33,39H,13-14,16-18H2,1H3,(H,36,40)(H,41,42)/t20-,27+,30+,33+/m0/s1. The van der Waals surface area contributed by atoms with Gasteiger partial charge in [-0.2, -0.15) is 0 Å². The molecule has 230 valence electrons. The lowest BCUT2D eigenvalue weighted by Gasteiger charge is -2.41. The largest absolute Gasteiger partial charge is 0.481 e. The maximum absolute atomic E-state index is 11.9. The second-order valence-electron chi connectivity index (χ2n) is 10.8. The smallest absolute Gasteiger partial charge is 0.303 e. The number of nitrogens with one attached hydrogen (secondary N) is 1. The summed E-state index contributed by atoms with van der Waals surface area (Å²) < 4.78 is 14.8. The van der Waals surface area contributed by atoms with Crippen molar-refractivity contribution in [3.8, 4) is 11.1 Å². The van der Waals surface area contributed by atoms with E-state index in [1.165, 1.54) is 0 Å². The van der Waals surface area contributed by atoms with Gasteiger partial charge in [-0.15, -0.1) is 0 Å². The molecule has 3 aromatic carbocycles. The van der Waals surface area contributed by atoms with Crippen molar-refractivity contribution in [1.29, 1.82) is 0 Å². The highest BCUT2D eigenvalue weighted by molar-refractivity contribution is 6.40. The van der Waals surface area contributed by atoms with Gasteiger partial charge in [0.1, 0.15) is 5.15 Å². The molecule has 5 rings (SSSR count). The van der Waals surface area contributed by atoms with Gasteiger partial charge < -0.3 is 29.6 Å². The second-order valence-corrected chi connectivity index (χ2v) is 11.5. The van der Waals surface area contributed by atoms with Gasteiger partial charge in [-0.25, -0.2) is 4.98 Å². The molecule has 0 unspecified atom stereocenters. The monoisotopic (exact) mass is 637 g/mol. The SMILES string of the molecule is C[C@H]1[C@@H](Cn2cnc(Cl)c2Cl)O[C@@H](c2ccc(-c3cccc(CNC(=O)CCC(=O)O)c3)cc2)O[C@H]1c1ccc(CO)cc1. The maximum Gasteiger partial charge on any atom is 0.303 e. The molecule has 3 N–H and O–H groups in total. The first kappa shape index (κ1) is 31.7. The van der Waals surface area contributed by atoms with E-state index in [-0.39, 0.29) is 48.6 Å². The molecule has 0 bridgehead atoms. The van der Waals surface area contributed by atoms with Crippen LogP contribution in [0.4, 0.5) is 0 Å². The van der Waals surface area contributed by atoms with Crippen molar-refractivity contribution in [3.05, 3.63) is 112 Å². The number of amides is 1. The molecule has 0 spiro atoms. The number of aliphatic carboxylic acids is 1. The molecule has 4 atom stereocenters. The molecule has 44 heavy (non-hydrogen) atoms. The number of ether oxygens (including phenoxy) is 2. The summed E-state index contributed by atoms with van der Waals surface area (Å²) in [5.41, 5.74) is 5.50. The van der Waals surface area contributed by atoms with Crippen molar-refractivity contribution >= 4 is 35.1 Å². The number of aliphatic hydroxyl groups is 1. The number of carboxylic acids is 1. The third-order valence-electron chi connectivity index (χ3n) is 7.73. The van der Waals surface area contributed by atoms with E-state index in [0.29, 0.717) is 18.2 Å². The van der Waals surface area contributed by atoms with Gasteiger partial charge in [-0.3, -0.25) is 9.59 Å². The Morgan fingerprint density at radius 3 is 2.32 bits per heavy atom. The molecule has 9 nitrogen and oxygen atoms in total. The number of carboxylic acid groups (broad SMARTS) is 1. The number of halogens is 2. The third kappa shape index (κ3) is 7.67. The molecule has 1 saturated heterocycles. The summed E-state index contributed by atoms with van der Waals surface area (Å²) in [6.07, 6.45) is 0.125. The van der Waals surface area contributed by atoms with Gasteiger partial charge in [0.05, 0.1) is 38.1 Å². The minimum Gasteiger partial charge on any atom is -0.481 e. The van der Waals surface area contributed by atoms with Gasteiger partial charge in [0.2, 0.25) is 5.91 Å². The van der Waals surface area contributed by atoms with Crippen LogP contribution < -0.4 is 5.32 Å². The molecule has 1 aromatic heterocycles. The summed E-state index contributed by atoms with van der Waals surface area (Å²) in [5, 5.41) is 21.6. The number of aromatic nitrogens is 2. The molecule has 1 aliphatic heterocycles. The van der Waals surface area contributed by atoms with E-state index in [9.17, 15) is 14.7 Å². The minimum absolute atomic E-state index is 0.0354. The lowest BCUT2D eigenvalue weighted by molar-refractivity contribution is -0.276. The van der Waals surface area contributed by atoms with Crippen molar-refractivity contribution in [1.82, 2.24) is 14.9 Å². The van der Waals surface area contributed by atoms with Gasteiger partial charge in [-0.1, -0.05) is 96.9 Å². The summed E-state index contributed by atoms with van der Waals surface area (Å²) >= 11 is 12.5. The van der Waals surface area contributed by atoms with Gasteiger partial charge in [0.25, 0.3) is 0 Å². The quantitative estimate of drug-likeness (QED) is 0.176. The molecule has 1 aliphatic rings. The highest BCUT2D eigenvalue weighted by Gasteiger charge is 2.38. The van der Waals surface area contributed by atoms with E-state index in [1.54, 1.807) is 10.9 Å². The van der Waals surface area contributed by atoms with Crippen LogP contribution in [0.2, 0.25) is 10.3 Å². The zero-order chi connectivity index (χ0) is 31.2. The zero-order valence-corrected chi connectivity index (χ0v) is 25.5. The molecular formula is C33H33Cl2N3O6. The highest BCUT2D eigenvalue weighted by Crippen LogP contribution is 2.42. The Balaban J connectivity index is 1.34. The van der Waals surface area contributed by atoms with E-state index in [0.717, 1.165) is 33.4 Å². The molecule has 0 saturated carbocycles. The van der Waals surface area contributed by atoms with Crippen molar-refractivity contribution in [3.63, 3.8) is 0 Å². The topological polar surface area (TPSA) is 123 Å². The van der Waals surface area contributed by atoms with Crippen molar-refractivity contribution in [2.24, 2.45) is 5.92 Å². The average Bonchev–Trinajstić information content (AvgIpc) is 3.36. The van der Waals surface area contributed by atoms with E-state index in [2.05, 4.69) is 17.2 Å². The van der Waals surface area contributed by atoms with Crippen LogP contribution >= 0.6 is 23.2 Å². The Morgan fingerprint density at radius 2 is 1.66 bits per heavy atom. The molecule has 0 aliphatic carbocycles. The fourth-order valence-electron chi connectivity index (χ4n) is 5.20. The summed E-state index contributed by atoms with van der Waals surface area (Å²) in [6, 6.07) is 23.5. The zero-order valence-electron chi connectivity index (χ0n) is 24.0. The highest BCUT2D eigenvalue weighted by atomic mass is 35.5. The molecule has 1 fully saturated rings. The average molecular weight is 639 g/mol. The van der Waals surface area contributed by atoms with Crippen molar-refractivity contribution in [2.75, 3.05) is 0 Å². The maximum atomic E-state index is 11.9. The Hall–Kier alpha value is -3.73. The second kappa shape index (κ2) is 14.4. The van der Waals surface area contributed by atoms with E-state index < -0.39 is 12.3 Å². The third-order valence-corrected chi connectivity index (χ3v) is 8.50. The molecule has 2 heterocycles. The fourth-order valence-corrected chi connectivity index (χ4v) is 5.51. The predicted octanol–water partition coefficient (Wildman–Crippen LogP) is 6.32. The first-order chi connectivity index (χ1) is 21.2. The van der Waals surface area contributed by atoms with Crippen LogP contribution in [-0.4, -0.2) is 37.7 Å². The lowest BCUT2D eigenvalue weighted by Crippen LogP contribution is -2.39. The number of hydrogen-bond donors (Lipinski definition) is 3. The van der Waals surface area contributed by atoms with Crippen LogP contribution in [0.1, 0.15) is 54.4 Å². The van der Waals surface area contributed by atoms with Gasteiger partial charge in [-0.05, 0) is 33.9 Å². The fraction of sp³-hybridized carbons (Fsp3) is 0.303. The van der Waals surface area contributed by atoms with Gasteiger partial charge in [0.15, 0.2) is 11.4 Å². The summed E-state index contributed by atoms with van der Waals surface area (Å²) in [7, 11) is 0. The predicted molar refractivity (Wildman–Crippen MR) is 166 cm³/mol. The van der Waals surface area contributed by atoms with Crippen molar-refractivity contribution < 1.29 is 29.3 Å². The normalized spacial score (nSPS) is 19.9. The number of carbonyl (C=O) groups excluding carboxylic acids is 1. The van der Waals surface area contributed by atoms with Gasteiger partial charge in [0, 0.05) is 24.4 Å². The summed E-state index contributed by atoms with van der Waals surface area (Å²) in [4.78, 5) is 26.8. The Labute approximate surface area is 265 Å². The molecule has 0 radical (unpaired) electrons. The molecule has 11 heteroatoms. The first-order valence-electron chi connectivity index (χ1n) is 14.3. The number of nitrogens with zero attached hydrogens (tertiary/aromatic N) is 2. The Kier molecular flexibility index (Phi) is 10.3. The van der Waals surface area contributed by atoms with E-state index >= 15 is 0 Å². The number of imidazole rings is 1. The van der Waals surface area contributed by atoms with Crippen LogP contribution in [0.25, 0.3) is 11.1 Å². The number of rotatable bonds is 11. The molecular weight excluding hydrogens is 605 g/mol. The van der Waals surface area contributed by atoms with Crippen LogP contribution in [0.3, 0.4) is 0 Å². The summed E-state index contributed by atoms with van der Waals surface area (Å²) in [6.45, 7) is 2.78. The van der Waals surface area contributed by atoms with E-state index in [4.69, 9.17) is 37.8 Å². The summed E-state index contributed by atoms with van der Waals surface area (Å²) in [5.74, 6) is -1.35. The van der Waals surface area contributed by atoms with Crippen LogP contribution in [-0.2, 0) is 38.8 Å². The minimum atomic E-state index is -1.00. The van der Waals surface area contributed by atoms with Crippen molar-refractivity contribution in [2.45, 2.75) is 58.0 Å². The molecule has 4 aromatic rings. The van der Waals surface area contributed by atoms with Crippen LogP contribution in [0.15, 0.2) is 79.1 Å².